The lowest BCUT2D eigenvalue weighted by Gasteiger charge is -2.27. The molecule has 2 aliphatic rings. The molecule has 156 valence electrons. The third-order valence-electron chi connectivity index (χ3n) is 5.47. The molecule has 31 heavy (non-hydrogen) atoms. The molecule has 0 radical (unpaired) electrons. The topological polar surface area (TPSA) is 120 Å². The van der Waals surface area contributed by atoms with Crippen LogP contribution in [-0.4, -0.2) is 54.8 Å². The van der Waals surface area contributed by atoms with Gasteiger partial charge in [-0.05, 0) is 23.8 Å². The average Bonchev–Trinajstić information content (AvgIpc) is 3.15. The Morgan fingerprint density at radius 3 is 2.77 bits per heavy atom. The maximum Gasteiger partial charge on any atom is 0.197 e. The molecule has 1 aromatic carbocycles. The Balaban J connectivity index is 1.48. The number of nitrogens with one attached hydrogen (secondary N) is 2. The second kappa shape index (κ2) is 8.22. The molecule has 0 unspecified atom stereocenters. The molecule has 2 saturated heterocycles. The summed E-state index contributed by atoms with van der Waals surface area (Å²) in [6.07, 6.45) is 7.15. The summed E-state index contributed by atoms with van der Waals surface area (Å²) >= 11 is 0. The van der Waals surface area contributed by atoms with Crippen molar-refractivity contribution in [1.29, 1.82) is 5.26 Å². The maximum absolute atomic E-state index is 9.61. The number of nitrogens with zero attached hydrogens (tertiary/aromatic N) is 2. The third kappa shape index (κ3) is 3.77. The van der Waals surface area contributed by atoms with Crippen molar-refractivity contribution < 1.29 is 19.2 Å². The number of hydrogen-bond acceptors (Lipinski definition) is 6. The van der Waals surface area contributed by atoms with Crippen LogP contribution in [0.1, 0.15) is 11.1 Å². The van der Waals surface area contributed by atoms with Crippen LogP contribution in [0.25, 0.3) is 27.7 Å². The number of hydrogen-bond donors (Lipinski definition) is 3. The Morgan fingerprint density at radius 1 is 1.26 bits per heavy atom. The number of aromatic amines is 1. The highest BCUT2D eigenvalue weighted by Gasteiger charge is 2.23. The molecule has 2 fully saturated rings. The summed E-state index contributed by atoms with van der Waals surface area (Å²) in [5.74, 6) is 0.576. The minimum absolute atomic E-state index is 0.00984. The standard InChI is InChI=1S/C23H21N5O3/c24-5-15-3-14(1-2-22(15)31-19-12-30-13-19)21-9-28-23-20(21)4-16(7-27-23)17(6-25)8-26-18-10-29-11-18/h1-4,6-9,18-19H,10-13,25H2,(H,27,28)/p+1. The van der Waals surface area contributed by atoms with E-state index in [1.165, 1.54) is 0 Å². The van der Waals surface area contributed by atoms with Crippen molar-refractivity contribution in [2.45, 2.75) is 12.1 Å². The largest absolute Gasteiger partial charge is 0.484 e. The van der Waals surface area contributed by atoms with E-state index in [-0.39, 0.29) is 6.10 Å². The molecule has 4 N–H and O–H groups in total. The van der Waals surface area contributed by atoms with Crippen molar-refractivity contribution in [3.63, 3.8) is 0 Å². The molecule has 8 heteroatoms. The van der Waals surface area contributed by atoms with Crippen molar-refractivity contribution in [2.75, 3.05) is 26.4 Å². The number of ether oxygens (including phenoxy) is 3. The van der Waals surface area contributed by atoms with Crippen LogP contribution >= 0.6 is 0 Å². The minimum atomic E-state index is 0.00984. The SMILES string of the molecule is N#Cc1cc(-c2c[nH]c3ncc(C(C=[NH+]C4COC4)=CN)cc23)ccc1OC1COC1. The molecule has 0 aliphatic carbocycles. The molecule has 0 bridgehead atoms. The van der Waals surface area contributed by atoms with Gasteiger partial charge >= 0.3 is 0 Å². The van der Waals surface area contributed by atoms with Crippen LogP contribution in [0.3, 0.4) is 0 Å². The fourth-order valence-corrected chi connectivity index (χ4v) is 3.52. The van der Waals surface area contributed by atoms with Crippen LogP contribution in [0.4, 0.5) is 0 Å². The summed E-state index contributed by atoms with van der Waals surface area (Å²) in [6.45, 7) is 2.50. The van der Waals surface area contributed by atoms with Gasteiger partial charge in [0.2, 0.25) is 0 Å². The van der Waals surface area contributed by atoms with Gasteiger partial charge in [0.25, 0.3) is 0 Å². The molecule has 0 amide bonds. The van der Waals surface area contributed by atoms with Gasteiger partial charge in [-0.15, -0.1) is 0 Å². The molecule has 2 aliphatic heterocycles. The van der Waals surface area contributed by atoms with Crippen molar-refractivity contribution >= 4 is 22.8 Å². The predicted octanol–water partition coefficient (Wildman–Crippen LogP) is 0.729. The monoisotopic (exact) mass is 416 g/mol. The van der Waals surface area contributed by atoms with Gasteiger partial charge in [-0.2, -0.15) is 5.26 Å². The molecule has 8 nitrogen and oxygen atoms in total. The number of nitrogens with two attached hydrogens (primary N) is 1. The van der Waals surface area contributed by atoms with E-state index in [2.05, 4.69) is 21.0 Å². The van der Waals surface area contributed by atoms with E-state index in [0.717, 1.165) is 33.3 Å². The fourth-order valence-electron chi connectivity index (χ4n) is 3.52. The zero-order chi connectivity index (χ0) is 21.2. The van der Waals surface area contributed by atoms with Crippen molar-refractivity contribution in [3.8, 4) is 22.9 Å². The average molecular weight is 416 g/mol. The summed E-state index contributed by atoms with van der Waals surface area (Å²) in [4.78, 5) is 11.1. The summed E-state index contributed by atoms with van der Waals surface area (Å²) < 4.78 is 16.2. The molecule has 0 atom stereocenters. The van der Waals surface area contributed by atoms with Crippen molar-refractivity contribution in [1.82, 2.24) is 9.97 Å². The Labute approximate surface area is 179 Å². The highest BCUT2D eigenvalue weighted by molar-refractivity contribution is 6.08. The maximum atomic E-state index is 9.61. The zero-order valence-corrected chi connectivity index (χ0v) is 16.8. The number of benzene rings is 1. The Hall–Kier alpha value is -3.67. The molecule has 0 spiro atoms. The van der Waals surface area contributed by atoms with E-state index in [1.54, 1.807) is 12.4 Å². The first-order chi connectivity index (χ1) is 15.2. The number of nitriles is 1. The Morgan fingerprint density at radius 2 is 2.10 bits per heavy atom. The van der Waals surface area contributed by atoms with E-state index in [9.17, 15) is 5.26 Å². The summed E-state index contributed by atoms with van der Waals surface area (Å²) in [6, 6.07) is 10.2. The van der Waals surface area contributed by atoms with E-state index in [0.29, 0.717) is 43.8 Å². The number of rotatable bonds is 6. The lowest BCUT2D eigenvalue weighted by molar-refractivity contribution is -0.531. The van der Waals surface area contributed by atoms with Gasteiger partial charge in [0.05, 0.1) is 24.4 Å². The number of H-pyrrole nitrogens is 1. The number of pyridine rings is 1. The molecule has 5 rings (SSSR count). The van der Waals surface area contributed by atoms with Crippen molar-refractivity contribution in [3.05, 3.63) is 54.0 Å². The van der Waals surface area contributed by atoms with E-state index < -0.39 is 0 Å². The fraction of sp³-hybridized carbons (Fsp3) is 0.261. The third-order valence-corrected chi connectivity index (χ3v) is 5.47. The summed E-state index contributed by atoms with van der Waals surface area (Å²) in [5, 5.41) is 10.6. The molecule has 0 saturated carbocycles. The Kier molecular flexibility index (Phi) is 5.12. The van der Waals surface area contributed by atoms with Gasteiger partial charge in [-0.3, -0.25) is 0 Å². The zero-order valence-electron chi connectivity index (χ0n) is 16.8. The normalized spacial score (nSPS) is 17.5. The summed E-state index contributed by atoms with van der Waals surface area (Å²) in [5.41, 5.74) is 10.7. The molecule has 4 heterocycles. The minimum Gasteiger partial charge on any atom is -0.484 e. The van der Waals surface area contributed by atoms with Crippen LogP contribution in [0, 0.1) is 11.3 Å². The predicted molar refractivity (Wildman–Crippen MR) is 115 cm³/mol. The highest BCUT2D eigenvalue weighted by atomic mass is 16.6. The molecule has 2 aromatic heterocycles. The van der Waals surface area contributed by atoms with E-state index in [1.807, 2.05) is 36.7 Å². The Bertz CT molecular complexity index is 1220. The molecule has 3 aromatic rings. The van der Waals surface area contributed by atoms with Crippen molar-refractivity contribution in [2.24, 2.45) is 5.73 Å². The van der Waals surface area contributed by atoms with Crippen LogP contribution in [0.2, 0.25) is 0 Å². The smallest absolute Gasteiger partial charge is 0.197 e. The quantitative estimate of drug-likeness (QED) is 0.510. The number of fused-ring (bicyclic) bond motifs is 1. The lowest BCUT2D eigenvalue weighted by atomic mass is 10.0. The first kappa shape index (κ1) is 19.3. The van der Waals surface area contributed by atoms with Gasteiger partial charge in [-0.25, -0.2) is 9.98 Å². The van der Waals surface area contributed by atoms with Crippen LogP contribution in [0.5, 0.6) is 5.75 Å². The van der Waals surface area contributed by atoms with Crippen LogP contribution in [0.15, 0.2) is 42.9 Å². The van der Waals surface area contributed by atoms with Gasteiger partial charge in [-0.1, -0.05) is 6.07 Å². The molecular formula is C23H22N5O3+. The first-order valence-electron chi connectivity index (χ1n) is 10.1. The van der Waals surface area contributed by atoms with Gasteiger partial charge in [0, 0.05) is 35.1 Å². The first-order valence-corrected chi connectivity index (χ1v) is 10.1. The second-order valence-electron chi connectivity index (χ2n) is 7.59. The van der Waals surface area contributed by atoms with Crippen LogP contribution in [-0.2, 0) is 9.47 Å². The van der Waals surface area contributed by atoms with Gasteiger partial charge in [0.1, 0.15) is 36.8 Å². The number of aromatic nitrogens is 2. The van der Waals surface area contributed by atoms with Gasteiger partial charge in [0.15, 0.2) is 12.3 Å². The molecular weight excluding hydrogens is 394 g/mol. The van der Waals surface area contributed by atoms with E-state index >= 15 is 0 Å². The van der Waals surface area contributed by atoms with Gasteiger partial charge < -0.3 is 24.9 Å². The van der Waals surface area contributed by atoms with Crippen LogP contribution < -0.4 is 15.5 Å². The summed E-state index contributed by atoms with van der Waals surface area (Å²) in [7, 11) is 0. The highest BCUT2D eigenvalue weighted by Crippen LogP contribution is 2.33. The lowest BCUT2D eigenvalue weighted by Crippen LogP contribution is -2.82. The second-order valence-corrected chi connectivity index (χ2v) is 7.59. The van der Waals surface area contributed by atoms with E-state index in [4.69, 9.17) is 19.9 Å². The number of allylic oxidation sites excluding steroid dienone is 1.